The van der Waals surface area contributed by atoms with E-state index in [0.29, 0.717) is 53.7 Å². The van der Waals surface area contributed by atoms with Gasteiger partial charge in [-0.2, -0.15) is 0 Å². The summed E-state index contributed by atoms with van der Waals surface area (Å²) in [5.74, 6) is -5.47. The maximum atomic E-state index is 14.3. The fourth-order valence-corrected chi connectivity index (χ4v) is 8.18. The summed E-state index contributed by atoms with van der Waals surface area (Å²) in [5, 5.41) is 9.69. The van der Waals surface area contributed by atoms with Gasteiger partial charge in [0.2, 0.25) is 0 Å². The maximum Gasteiger partial charge on any atom is 1.00 e. The van der Waals surface area contributed by atoms with Gasteiger partial charge in [-0.3, -0.25) is 9.59 Å². The molecule has 6 heterocycles. The molecule has 18 heteroatoms. The van der Waals surface area contributed by atoms with E-state index >= 15 is 0 Å². The van der Waals surface area contributed by atoms with Crippen LogP contribution in [0.2, 0.25) is 0 Å². The number of amides is 4. The summed E-state index contributed by atoms with van der Waals surface area (Å²) in [7, 11) is 1.14. The van der Waals surface area contributed by atoms with Crippen molar-refractivity contribution >= 4 is 57.4 Å². The summed E-state index contributed by atoms with van der Waals surface area (Å²) >= 11 is 0. The molecule has 0 spiro atoms. The summed E-state index contributed by atoms with van der Waals surface area (Å²) in [6, 6.07) is 5.11. The molecule has 8 rings (SSSR count). The molecule has 57 heavy (non-hydrogen) atoms. The van der Waals surface area contributed by atoms with Gasteiger partial charge in [-0.25, -0.2) is 28.0 Å². The normalized spacial score (nSPS) is 16.3. The topological polar surface area (TPSA) is 185 Å². The number of aliphatic carboxylic acids is 1. The first kappa shape index (κ1) is 43.3. The van der Waals surface area contributed by atoms with Crippen molar-refractivity contribution in [1.82, 2.24) is 28.7 Å². The van der Waals surface area contributed by atoms with Gasteiger partial charge in [-0.05, 0) is 73.9 Å². The van der Waals surface area contributed by atoms with E-state index in [1.807, 2.05) is 14.4 Å². The third kappa shape index (κ3) is 8.71. The molecule has 0 aliphatic carbocycles. The van der Waals surface area contributed by atoms with E-state index in [1.165, 1.54) is 30.5 Å². The number of benzene rings is 2. The Hall–Kier alpha value is -4.84. The zero-order valence-electron chi connectivity index (χ0n) is 32.0. The van der Waals surface area contributed by atoms with Crippen LogP contribution in [0, 0.1) is 11.6 Å². The van der Waals surface area contributed by atoms with Crippen LogP contribution < -0.4 is 29.6 Å². The number of esters is 1. The number of methoxy groups -OCH3 is 1. The van der Waals surface area contributed by atoms with Crippen molar-refractivity contribution in [1.29, 1.82) is 0 Å². The van der Waals surface area contributed by atoms with Crippen molar-refractivity contribution in [3.63, 3.8) is 0 Å². The molecule has 2 aromatic heterocycles. The zero-order valence-corrected chi connectivity index (χ0v) is 34.0. The van der Waals surface area contributed by atoms with Crippen molar-refractivity contribution in [3.8, 4) is 0 Å². The molecule has 4 aromatic rings. The standard InChI is InChI=1S/C20H22FN3O4.C19H20FN3O4.Na.H2O/c1-28-19(26)18(25)16-12-23-7-8-24(20(27)22-5-3-2-4-6-22)11-13-9-14(21)10-15(16)17(13)23;20-13-8-12-10-23(19(27)21-4-2-1-3-5-21)7-6-22-11-15(17(24)18(25)26)14(9-13)16(12)22;;/h9-10,12H,2-8,11H2,1H3;8-9,11H,1-7,10H2,(H,25,26);;1H2/q;;+1;/p-1. The first-order valence-electron chi connectivity index (χ1n) is 18.6. The quantitative estimate of drug-likeness (QED) is 0.139. The Bertz CT molecular complexity index is 2230. The molecule has 2 fully saturated rings. The number of hydrogen-bond acceptors (Lipinski definition) is 8. The number of ether oxygens (including phenoxy) is 1. The van der Waals surface area contributed by atoms with Gasteiger partial charge >= 0.3 is 53.6 Å². The molecule has 0 saturated carbocycles. The molecule has 2 N–H and O–H groups in total. The number of nitrogens with zero attached hydrogens (tertiary/aromatic N) is 6. The van der Waals surface area contributed by atoms with Crippen molar-refractivity contribution < 1.29 is 82.4 Å². The fourth-order valence-electron chi connectivity index (χ4n) is 8.18. The molecule has 298 valence electrons. The van der Waals surface area contributed by atoms with Gasteiger partial charge in [-0.1, -0.05) is 0 Å². The van der Waals surface area contributed by atoms with Gasteiger partial charge in [-0.15, -0.1) is 0 Å². The van der Waals surface area contributed by atoms with Crippen LogP contribution in [0.1, 0.15) is 70.4 Å². The second-order valence-electron chi connectivity index (χ2n) is 14.4. The van der Waals surface area contributed by atoms with Gasteiger partial charge in [0, 0.05) is 88.6 Å². The van der Waals surface area contributed by atoms with Crippen molar-refractivity contribution in [2.75, 3.05) is 46.4 Å². The number of piperidine rings is 2. The smallest absolute Gasteiger partial charge is 0.870 e. The summed E-state index contributed by atoms with van der Waals surface area (Å²) in [4.78, 5) is 80.0. The zero-order chi connectivity index (χ0) is 39.0. The summed E-state index contributed by atoms with van der Waals surface area (Å²) < 4.78 is 36.6. The summed E-state index contributed by atoms with van der Waals surface area (Å²) in [6.45, 7) is 5.20. The first-order valence-corrected chi connectivity index (χ1v) is 18.6. The molecule has 0 bridgehead atoms. The summed E-state index contributed by atoms with van der Waals surface area (Å²) in [6.07, 6.45) is 9.26. The molecule has 4 amide bonds. The van der Waals surface area contributed by atoms with Crippen molar-refractivity contribution in [3.05, 3.63) is 70.5 Å². The van der Waals surface area contributed by atoms with Crippen LogP contribution in [-0.4, -0.2) is 121 Å². The Morgan fingerprint density at radius 1 is 0.579 bits per heavy atom. The van der Waals surface area contributed by atoms with Crippen LogP contribution in [0.3, 0.4) is 0 Å². The number of aromatic nitrogens is 2. The molecule has 15 nitrogen and oxygen atoms in total. The number of Topliss-reactive ketones (excluding diaryl/α,β-unsaturated/α-hetero) is 2. The Morgan fingerprint density at radius 3 is 1.37 bits per heavy atom. The van der Waals surface area contributed by atoms with Crippen LogP contribution in [0.5, 0.6) is 0 Å². The SMILES string of the molecule is COC(=O)C(=O)c1cn2c3c(cc(F)cc13)CN(C(=O)N1CCCCC1)CC2.O=C(O)C(=O)c1cn2c3c(cc(F)cc13)CN(C(=O)N1CCCCC1)CC2.[Na+].[OH-]. The Balaban J connectivity index is 0.000000210. The monoisotopic (exact) mass is 800 g/mol. The van der Waals surface area contributed by atoms with E-state index in [-0.39, 0.29) is 76.7 Å². The van der Waals surface area contributed by atoms with Gasteiger partial charge in [0.25, 0.3) is 11.6 Å². The predicted octanol–water partition coefficient (Wildman–Crippen LogP) is 1.85. The molecular formula is C39H43F2N6NaO9. The summed E-state index contributed by atoms with van der Waals surface area (Å²) in [5.41, 5.74) is 2.61. The predicted molar refractivity (Wildman–Crippen MR) is 197 cm³/mol. The molecule has 0 unspecified atom stereocenters. The maximum absolute atomic E-state index is 14.3. The third-order valence-corrected chi connectivity index (χ3v) is 10.8. The van der Waals surface area contributed by atoms with Crippen molar-refractivity contribution in [2.24, 2.45) is 0 Å². The molecule has 4 aliphatic heterocycles. The third-order valence-electron chi connectivity index (χ3n) is 10.8. The van der Waals surface area contributed by atoms with Crippen LogP contribution >= 0.6 is 0 Å². The Kier molecular flexibility index (Phi) is 13.8. The van der Waals surface area contributed by atoms with Crippen molar-refractivity contribution in [2.45, 2.75) is 64.7 Å². The second kappa shape index (κ2) is 18.2. The number of hydrogen-bond donors (Lipinski definition) is 1. The van der Waals surface area contributed by atoms with Gasteiger partial charge in [0.05, 0.1) is 29.3 Å². The molecule has 4 aliphatic rings. The number of rotatable bonds is 4. The number of halogens is 2. The molecule has 0 radical (unpaired) electrons. The first-order chi connectivity index (χ1) is 26.4. The minimum Gasteiger partial charge on any atom is -0.870 e. The number of carboxylic acid groups (broad SMARTS) is 1. The van der Waals surface area contributed by atoms with Gasteiger partial charge in [0.15, 0.2) is 0 Å². The van der Waals surface area contributed by atoms with Crippen LogP contribution in [0.4, 0.5) is 18.4 Å². The van der Waals surface area contributed by atoms with E-state index in [0.717, 1.165) is 71.8 Å². The average molecular weight is 801 g/mol. The molecule has 2 aromatic carbocycles. The van der Waals surface area contributed by atoms with E-state index in [4.69, 9.17) is 5.11 Å². The largest absolute Gasteiger partial charge is 1.00 e. The van der Waals surface area contributed by atoms with Gasteiger partial charge < -0.3 is 44.1 Å². The number of likely N-dealkylation sites (tertiary alicyclic amines) is 2. The van der Waals surface area contributed by atoms with E-state index in [2.05, 4.69) is 4.74 Å². The molecule has 0 atom stereocenters. The number of carbonyl (C=O) groups excluding carboxylic acids is 5. The minimum absolute atomic E-state index is 0. The average Bonchev–Trinajstić information content (AvgIpc) is 3.61. The minimum atomic E-state index is -1.57. The second-order valence-corrected chi connectivity index (χ2v) is 14.4. The van der Waals surface area contributed by atoms with Crippen LogP contribution in [-0.2, 0) is 40.5 Å². The molecular weight excluding hydrogens is 757 g/mol. The molecule has 2 saturated heterocycles. The Labute approximate surface area is 348 Å². The number of ketones is 2. The van der Waals surface area contributed by atoms with E-state index in [1.54, 1.807) is 20.6 Å². The van der Waals surface area contributed by atoms with E-state index in [9.17, 15) is 37.5 Å². The number of urea groups is 2. The van der Waals surface area contributed by atoms with Crippen LogP contribution in [0.15, 0.2) is 36.7 Å². The fraction of sp³-hybridized carbons (Fsp3) is 0.436. The number of carboxylic acids is 1. The van der Waals surface area contributed by atoms with Gasteiger partial charge in [0.1, 0.15) is 11.6 Å². The van der Waals surface area contributed by atoms with Crippen LogP contribution in [0.25, 0.3) is 21.8 Å². The Morgan fingerprint density at radius 2 is 0.982 bits per heavy atom. The number of carbonyl (C=O) groups is 6. The van der Waals surface area contributed by atoms with E-state index < -0.39 is 35.1 Å².